The van der Waals surface area contributed by atoms with Gasteiger partial charge in [0, 0.05) is 15.6 Å². The third kappa shape index (κ3) is 3.38. The quantitative estimate of drug-likeness (QED) is 0.856. The molecule has 1 aromatic heterocycles. The number of hydrogen-bond donors (Lipinski definition) is 1. The molecule has 0 bridgehead atoms. The maximum absolute atomic E-state index is 10.9. The lowest BCUT2D eigenvalue weighted by Gasteiger charge is -1.91. The number of sulfonamides is 1. The molecule has 6 heteroatoms. The minimum Gasteiger partial charge on any atom is -0.225 e. The van der Waals surface area contributed by atoms with Crippen LogP contribution in [0.2, 0.25) is 0 Å². The summed E-state index contributed by atoms with van der Waals surface area (Å²) in [4.78, 5) is 1.28. The highest BCUT2D eigenvalue weighted by atomic mass is 79.9. The molecule has 0 fully saturated rings. The number of primary sulfonamides is 1. The Balaban J connectivity index is 2.76. The summed E-state index contributed by atoms with van der Waals surface area (Å²) >= 11 is 4.75. The van der Waals surface area contributed by atoms with Crippen molar-refractivity contribution in [3.63, 3.8) is 0 Å². The van der Waals surface area contributed by atoms with E-state index in [0.717, 1.165) is 23.0 Å². The summed E-state index contributed by atoms with van der Waals surface area (Å²) in [5.74, 6) is 0. The molecule has 0 aliphatic carbocycles. The zero-order valence-electron chi connectivity index (χ0n) is 6.86. The normalized spacial score (nSPS) is 11.8. The fraction of sp³-hybridized carbons (Fsp3) is 0.429. The van der Waals surface area contributed by atoms with Gasteiger partial charge in [-0.1, -0.05) is 15.9 Å². The summed E-state index contributed by atoms with van der Waals surface area (Å²) in [5, 5.41) is 7.48. The summed E-state index contributed by atoms with van der Waals surface area (Å²) in [7, 11) is -3.51. The standard InChI is InChI=1S/C7H10BrNO2S2/c8-3-1-2-6-4-7(5-12-6)13(9,10)11/h4-5H,1-3H2,(H2,9,10,11). The van der Waals surface area contributed by atoms with Gasteiger partial charge in [-0.05, 0) is 18.9 Å². The van der Waals surface area contributed by atoms with Gasteiger partial charge in [0.1, 0.15) is 0 Å². The molecule has 74 valence electrons. The second kappa shape index (κ2) is 4.54. The van der Waals surface area contributed by atoms with Crippen molar-refractivity contribution in [3.05, 3.63) is 16.3 Å². The molecule has 0 amide bonds. The van der Waals surface area contributed by atoms with Crippen LogP contribution in [0.4, 0.5) is 0 Å². The Labute approximate surface area is 90.1 Å². The van der Waals surface area contributed by atoms with E-state index in [9.17, 15) is 8.42 Å². The lowest BCUT2D eigenvalue weighted by Crippen LogP contribution is -2.10. The van der Waals surface area contributed by atoms with E-state index < -0.39 is 10.0 Å². The van der Waals surface area contributed by atoms with Gasteiger partial charge in [-0.2, -0.15) is 0 Å². The predicted octanol–water partition coefficient (Wildman–Crippen LogP) is 1.72. The topological polar surface area (TPSA) is 60.2 Å². The van der Waals surface area contributed by atoms with Crippen LogP contribution in [0.15, 0.2) is 16.3 Å². The van der Waals surface area contributed by atoms with Crippen LogP contribution in [0.25, 0.3) is 0 Å². The van der Waals surface area contributed by atoms with Crippen molar-refractivity contribution < 1.29 is 8.42 Å². The predicted molar refractivity (Wildman–Crippen MR) is 57.8 cm³/mol. The summed E-state index contributed by atoms with van der Waals surface area (Å²) in [5.41, 5.74) is 0. The molecule has 0 aliphatic heterocycles. The third-order valence-electron chi connectivity index (χ3n) is 1.52. The van der Waals surface area contributed by atoms with E-state index in [1.807, 2.05) is 0 Å². The Kier molecular flexibility index (Phi) is 3.90. The van der Waals surface area contributed by atoms with Crippen LogP contribution in [-0.2, 0) is 16.4 Å². The number of nitrogens with two attached hydrogens (primary N) is 1. The highest BCUT2D eigenvalue weighted by Gasteiger charge is 2.09. The first-order valence-electron chi connectivity index (χ1n) is 3.70. The van der Waals surface area contributed by atoms with Crippen LogP contribution in [0, 0.1) is 0 Å². The average Bonchev–Trinajstić information content (AvgIpc) is 2.47. The zero-order chi connectivity index (χ0) is 9.90. The van der Waals surface area contributed by atoms with Crippen molar-refractivity contribution in [2.24, 2.45) is 5.14 Å². The fourth-order valence-electron chi connectivity index (χ4n) is 0.882. The van der Waals surface area contributed by atoms with Crippen LogP contribution in [-0.4, -0.2) is 13.7 Å². The first-order chi connectivity index (χ1) is 6.04. The molecule has 3 nitrogen and oxygen atoms in total. The lowest BCUT2D eigenvalue weighted by molar-refractivity contribution is 0.598. The number of hydrogen-bond acceptors (Lipinski definition) is 3. The van der Waals surface area contributed by atoms with E-state index in [1.54, 1.807) is 11.4 Å². The maximum atomic E-state index is 10.9. The van der Waals surface area contributed by atoms with Gasteiger partial charge < -0.3 is 0 Å². The number of thiophene rings is 1. The van der Waals surface area contributed by atoms with Crippen LogP contribution >= 0.6 is 27.3 Å². The van der Waals surface area contributed by atoms with E-state index in [0.29, 0.717) is 0 Å². The molecule has 0 saturated heterocycles. The Morgan fingerprint density at radius 2 is 2.23 bits per heavy atom. The minimum atomic E-state index is -3.51. The smallest absolute Gasteiger partial charge is 0.225 e. The minimum absolute atomic E-state index is 0.224. The van der Waals surface area contributed by atoms with Gasteiger partial charge in [-0.25, -0.2) is 13.6 Å². The fourth-order valence-corrected chi connectivity index (χ4v) is 3.02. The zero-order valence-corrected chi connectivity index (χ0v) is 10.1. The summed E-state index contributed by atoms with van der Waals surface area (Å²) in [6.45, 7) is 0. The monoisotopic (exact) mass is 283 g/mol. The molecular weight excluding hydrogens is 274 g/mol. The molecule has 1 rings (SSSR count). The van der Waals surface area contributed by atoms with Gasteiger partial charge in [0.15, 0.2) is 0 Å². The first-order valence-corrected chi connectivity index (χ1v) is 7.25. The Morgan fingerprint density at radius 1 is 1.54 bits per heavy atom. The molecule has 0 aliphatic rings. The molecule has 1 aromatic rings. The lowest BCUT2D eigenvalue weighted by atomic mass is 10.3. The van der Waals surface area contributed by atoms with Crippen molar-refractivity contribution in [3.8, 4) is 0 Å². The number of alkyl halides is 1. The molecule has 13 heavy (non-hydrogen) atoms. The molecule has 0 saturated carbocycles. The summed E-state index contributed by atoms with van der Waals surface area (Å²) < 4.78 is 21.8. The average molecular weight is 284 g/mol. The molecule has 0 aromatic carbocycles. The van der Waals surface area contributed by atoms with Gasteiger partial charge in [0.2, 0.25) is 10.0 Å². The Morgan fingerprint density at radius 3 is 2.69 bits per heavy atom. The van der Waals surface area contributed by atoms with Crippen molar-refractivity contribution >= 4 is 37.3 Å². The van der Waals surface area contributed by atoms with Gasteiger partial charge in [-0.3, -0.25) is 0 Å². The molecular formula is C7H10BrNO2S2. The van der Waals surface area contributed by atoms with E-state index in [1.165, 1.54) is 11.3 Å². The second-order valence-corrected chi connectivity index (χ2v) is 5.94. The van der Waals surface area contributed by atoms with Crippen molar-refractivity contribution in [1.29, 1.82) is 0 Å². The van der Waals surface area contributed by atoms with E-state index >= 15 is 0 Å². The van der Waals surface area contributed by atoms with Crippen LogP contribution in [0.3, 0.4) is 0 Å². The first kappa shape index (κ1) is 11.2. The van der Waals surface area contributed by atoms with Crippen molar-refractivity contribution in [2.45, 2.75) is 17.7 Å². The number of aryl methyl sites for hydroxylation is 1. The third-order valence-corrected chi connectivity index (χ3v) is 4.11. The largest absolute Gasteiger partial charge is 0.238 e. The molecule has 0 spiro atoms. The van der Waals surface area contributed by atoms with Gasteiger partial charge in [0.05, 0.1) is 4.90 Å². The summed E-state index contributed by atoms with van der Waals surface area (Å²) in [6, 6.07) is 1.64. The molecule has 0 radical (unpaired) electrons. The van der Waals surface area contributed by atoms with Gasteiger partial charge in [0.25, 0.3) is 0 Å². The number of rotatable bonds is 4. The highest BCUT2D eigenvalue weighted by Crippen LogP contribution is 2.19. The summed E-state index contributed by atoms with van der Waals surface area (Å²) in [6.07, 6.45) is 1.90. The van der Waals surface area contributed by atoms with E-state index in [4.69, 9.17) is 5.14 Å². The van der Waals surface area contributed by atoms with Crippen LogP contribution in [0.5, 0.6) is 0 Å². The maximum Gasteiger partial charge on any atom is 0.238 e. The van der Waals surface area contributed by atoms with Crippen molar-refractivity contribution in [2.75, 3.05) is 5.33 Å². The molecule has 2 N–H and O–H groups in total. The van der Waals surface area contributed by atoms with Crippen LogP contribution in [0.1, 0.15) is 11.3 Å². The Bertz CT molecular complexity index is 372. The highest BCUT2D eigenvalue weighted by molar-refractivity contribution is 9.09. The van der Waals surface area contributed by atoms with E-state index in [2.05, 4.69) is 15.9 Å². The Hall–Kier alpha value is 0.0900. The second-order valence-electron chi connectivity index (χ2n) is 2.59. The molecule has 1 heterocycles. The number of halogens is 1. The van der Waals surface area contributed by atoms with Gasteiger partial charge >= 0.3 is 0 Å². The van der Waals surface area contributed by atoms with Gasteiger partial charge in [-0.15, -0.1) is 11.3 Å². The van der Waals surface area contributed by atoms with E-state index in [-0.39, 0.29) is 4.90 Å². The van der Waals surface area contributed by atoms with Crippen LogP contribution < -0.4 is 5.14 Å². The van der Waals surface area contributed by atoms with Crippen molar-refractivity contribution in [1.82, 2.24) is 0 Å². The molecule has 0 atom stereocenters. The SMILES string of the molecule is NS(=O)(=O)c1csc(CCCBr)c1. The molecule has 0 unspecified atom stereocenters.